The minimum Gasteiger partial charge on any atom is -0.341 e. The molecule has 1 amide bonds. The molecule has 8 nitrogen and oxygen atoms in total. The van der Waals surface area contributed by atoms with Crippen LogP contribution in [0.25, 0.3) is 33.6 Å². The molecule has 5 N–H and O–H groups in total. The molecule has 3 fully saturated rings. The number of carbonyl (C=O) groups is 1. The van der Waals surface area contributed by atoms with Crippen LogP contribution in [-0.2, 0) is 30.5 Å². The standard InChI is InChI=1S/C46H61N7O/c1-5-11-37(47)42-49-26-38(51-42)31-15-13-29(33-22-45(24-35(31)33)17-6-7-18-45)30-14-16-32(36-25-46(23-34(30)36)19-8-9-20-46)39-27-50-43(52-39)40-12-10-21-53(40)44(54)41(48-4)28(2)3/h13-16,26-28,37,40-41,48H,5-12,17-25,47H2,1-4H3,(H,49,51)(H,50,52). The van der Waals surface area contributed by atoms with E-state index in [1.807, 2.05) is 19.4 Å². The maximum absolute atomic E-state index is 13.7. The average molecular weight is 728 g/mol. The van der Waals surface area contributed by atoms with Crippen molar-refractivity contribution in [1.29, 1.82) is 0 Å². The summed E-state index contributed by atoms with van der Waals surface area (Å²) >= 11 is 0. The van der Waals surface area contributed by atoms with Gasteiger partial charge in [0.05, 0.1) is 41.9 Å². The molecule has 286 valence electrons. The van der Waals surface area contributed by atoms with E-state index in [9.17, 15) is 4.79 Å². The summed E-state index contributed by atoms with van der Waals surface area (Å²) in [5, 5.41) is 3.27. The third kappa shape index (κ3) is 6.07. The SMILES string of the molecule is CCCC(N)c1ncc(-c2ccc(-c3ccc(-c4cnc(C5CCCN5C(=O)C(NC)C(C)C)[nH]4)c4c3CC3(CCCC3)C4)c3c2CC2(CCCC2)C3)[nH]1. The molecular formula is C46H61N7O. The number of fused-ring (bicyclic) bond motifs is 2. The first kappa shape index (κ1) is 35.9. The van der Waals surface area contributed by atoms with E-state index in [1.54, 1.807) is 11.1 Å². The molecule has 5 aliphatic rings. The van der Waals surface area contributed by atoms with E-state index in [0.717, 1.165) is 68.1 Å². The summed E-state index contributed by atoms with van der Waals surface area (Å²) in [7, 11) is 1.90. The van der Waals surface area contributed by atoms with Crippen molar-refractivity contribution < 1.29 is 4.79 Å². The number of aromatic nitrogens is 4. The summed E-state index contributed by atoms with van der Waals surface area (Å²) in [6.45, 7) is 7.20. The third-order valence-electron chi connectivity index (χ3n) is 14.5. The Labute approximate surface area is 321 Å². The maximum Gasteiger partial charge on any atom is 0.240 e. The van der Waals surface area contributed by atoms with E-state index in [4.69, 9.17) is 15.7 Å². The third-order valence-corrected chi connectivity index (χ3v) is 14.5. The lowest BCUT2D eigenvalue weighted by Crippen LogP contribution is -2.47. The van der Waals surface area contributed by atoms with Gasteiger partial charge in [0.2, 0.25) is 5.91 Å². The summed E-state index contributed by atoms with van der Waals surface area (Å²) in [5.41, 5.74) is 21.2. The van der Waals surface area contributed by atoms with Crippen molar-refractivity contribution in [3.05, 3.63) is 70.6 Å². The second-order valence-corrected chi connectivity index (χ2v) is 18.3. The Bertz CT molecular complexity index is 2030. The minimum absolute atomic E-state index is 0.00769. The van der Waals surface area contributed by atoms with Gasteiger partial charge in [-0.2, -0.15) is 0 Å². The van der Waals surface area contributed by atoms with Crippen LogP contribution in [0, 0.1) is 16.7 Å². The highest BCUT2D eigenvalue weighted by molar-refractivity contribution is 5.84. The van der Waals surface area contributed by atoms with Gasteiger partial charge in [-0.15, -0.1) is 0 Å². The molecule has 4 aromatic rings. The number of hydrogen-bond acceptors (Lipinski definition) is 5. The number of amides is 1. The van der Waals surface area contributed by atoms with Crippen molar-refractivity contribution in [3.63, 3.8) is 0 Å². The Morgan fingerprint density at radius 2 is 1.33 bits per heavy atom. The van der Waals surface area contributed by atoms with Crippen LogP contribution in [-0.4, -0.2) is 50.4 Å². The van der Waals surface area contributed by atoms with Crippen LogP contribution >= 0.6 is 0 Å². The van der Waals surface area contributed by atoms with Gasteiger partial charge in [0.1, 0.15) is 11.6 Å². The number of nitrogens with one attached hydrogen (secondary N) is 3. The number of rotatable bonds is 10. The molecule has 54 heavy (non-hydrogen) atoms. The highest BCUT2D eigenvalue weighted by Gasteiger charge is 2.45. The van der Waals surface area contributed by atoms with Crippen LogP contribution in [0.2, 0.25) is 0 Å². The molecule has 0 bridgehead atoms. The molecule has 4 aliphatic carbocycles. The van der Waals surface area contributed by atoms with E-state index < -0.39 is 0 Å². The number of aromatic amines is 2. The number of imidazole rings is 2. The normalized spacial score (nSPS) is 22.2. The van der Waals surface area contributed by atoms with E-state index in [1.165, 1.54) is 97.6 Å². The number of likely N-dealkylation sites (tertiary alicyclic amines) is 1. The Morgan fingerprint density at radius 3 is 1.87 bits per heavy atom. The average Bonchev–Trinajstić information content (AvgIpc) is 4.02. The molecular weight excluding hydrogens is 667 g/mol. The van der Waals surface area contributed by atoms with Gasteiger partial charge in [0.25, 0.3) is 0 Å². The molecule has 1 saturated heterocycles. The van der Waals surface area contributed by atoms with Crippen molar-refractivity contribution in [2.24, 2.45) is 22.5 Å². The van der Waals surface area contributed by atoms with E-state index in [0.29, 0.717) is 10.8 Å². The Balaban J connectivity index is 1.10. The lowest BCUT2D eigenvalue weighted by atomic mass is 9.82. The summed E-state index contributed by atoms with van der Waals surface area (Å²) in [5.74, 6) is 2.25. The first-order valence-corrected chi connectivity index (χ1v) is 21.4. The van der Waals surface area contributed by atoms with Gasteiger partial charge in [-0.1, -0.05) is 77.1 Å². The highest BCUT2D eigenvalue weighted by atomic mass is 16.2. The molecule has 2 spiro atoms. The van der Waals surface area contributed by atoms with Crippen LogP contribution in [0.3, 0.4) is 0 Å². The van der Waals surface area contributed by atoms with Gasteiger partial charge in [-0.25, -0.2) is 9.97 Å². The van der Waals surface area contributed by atoms with E-state index in [-0.39, 0.29) is 30.0 Å². The molecule has 3 heterocycles. The molecule has 0 radical (unpaired) electrons. The van der Waals surface area contributed by atoms with Crippen LogP contribution in [0.4, 0.5) is 0 Å². The number of H-pyrrole nitrogens is 2. The molecule has 8 heteroatoms. The molecule has 3 unspecified atom stereocenters. The quantitative estimate of drug-likeness (QED) is 0.130. The summed E-state index contributed by atoms with van der Waals surface area (Å²) in [6.07, 6.45) is 23.3. The molecule has 9 rings (SSSR count). The Kier molecular flexibility index (Phi) is 9.36. The molecule has 2 aromatic heterocycles. The van der Waals surface area contributed by atoms with Crippen molar-refractivity contribution in [3.8, 4) is 33.6 Å². The van der Waals surface area contributed by atoms with Crippen molar-refractivity contribution >= 4 is 5.91 Å². The van der Waals surface area contributed by atoms with Gasteiger partial charge in [0.15, 0.2) is 0 Å². The number of hydrogen-bond donors (Lipinski definition) is 4. The molecule has 2 saturated carbocycles. The second kappa shape index (κ2) is 14.1. The number of benzene rings is 2. The first-order chi connectivity index (χ1) is 26.2. The zero-order valence-corrected chi connectivity index (χ0v) is 33.1. The van der Waals surface area contributed by atoms with Gasteiger partial charge < -0.3 is 25.9 Å². The predicted octanol–water partition coefficient (Wildman–Crippen LogP) is 9.16. The number of nitrogens with two attached hydrogens (primary N) is 1. The number of carbonyl (C=O) groups excluding carboxylic acids is 1. The molecule has 1 aliphatic heterocycles. The summed E-state index contributed by atoms with van der Waals surface area (Å²) < 4.78 is 0. The Morgan fingerprint density at radius 1 is 0.815 bits per heavy atom. The van der Waals surface area contributed by atoms with Gasteiger partial charge in [-0.05, 0) is 128 Å². The second-order valence-electron chi connectivity index (χ2n) is 18.3. The van der Waals surface area contributed by atoms with E-state index >= 15 is 0 Å². The Hall–Kier alpha value is -3.75. The fourth-order valence-electron chi connectivity index (χ4n) is 11.8. The summed E-state index contributed by atoms with van der Waals surface area (Å²) in [6, 6.07) is 9.43. The molecule has 3 atom stereocenters. The maximum atomic E-state index is 13.7. The lowest BCUT2D eigenvalue weighted by molar-refractivity contribution is -0.135. The fourth-order valence-corrected chi connectivity index (χ4v) is 11.8. The van der Waals surface area contributed by atoms with Gasteiger partial charge >= 0.3 is 0 Å². The van der Waals surface area contributed by atoms with Gasteiger partial charge in [-0.3, -0.25) is 4.79 Å². The van der Waals surface area contributed by atoms with Crippen molar-refractivity contribution in [1.82, 2.24) is 30.2 Å². The largest absolute Gasteiger partial charge is 0.341 e. The molecule has 2 aromatic carbocycles. The monoisotopic (exact) mass is 727 g/mol. The number of likely N-dealkylation sites (N-methyl/N-ethyl adjacent to an activating group) is 1. The van der Waals surface area contributed by atoms with Crippen LogP contribution in [0.5, 0.6) is 0 Å². The highest BCUT2D eigenvalue weighted by Crippen LogP contribution is 2.56. The van der Waals surface area contributed by atoms with Crippen molar-refractivity contribution in [2.75, 3.05) is 13.6 Å². The minimum atomic E-state index is -0.182. The first-order valence-electron chi connectivity index (χ1n) is 21.4. The lowest BCUT2D eigenvalue weighted by Gasteiger charge is -2.29. The van der Waals surface area contributed by atoms with E-state index in [2.05, 4.69) is 65.2 Å². The zero-order valence-electron chi connectivity index (χ0n) is 33.1. The van der Waals surface area contributed by atoms with Crippen LogP contribution in [0.15, 0.2) is 36.7 Å². The summed E-state index contributed by atoms with van der Waals surface area (Å²) in [4.78, 5) is 33.0. The number of nitrogens with zero attached hydrogens (tertiary/aromatic N) is 3. The van der Waals surface area contributed by atoms with Gasteiger partial charge in [0, 0.05) is 17.7 Å². The smallest absolute Gasteiger partial charge is 0.240 e. The predicted molar refractivity (Wildman–Crippen MR) is 217 cm³/mol. The van der Waals surface area contributed by atoms with Crippen LogP contribution in [0.1, 0.15) is 144 Å². The topological polar surface area (TPSA) is 116 Å². The zero-order chi connectivity index (χ0) is 37.2. The van der Waals surface area contributed by atoms with Crippen LogP contribution < -0.4 is 11.1 Å². The van der Waals surface area contributed by atoms with Crippen molar-refractivity contribution in [2.45, 2.75) is 142 Å². The fraction of sp³-hybridized carbons (Fsp3) is 0.587.